The molecule has 0 aromatic heterocycles. The van der Waals surface area contributed by atoms with Crippen LogP contribution in [-0.2, 0) is 4.79 Å². The quantitative estimate of drug-likeness (QED) is 0.748. The van der Waals surface area contributed by atoms with E-state index in [1.807, 2.05) is 0 Å². The normalized spacial score (nSPS) is 9.69. The topological polar surface area (TPSA) is 29.1 Å². The molecule has 2 nitrogen and oxygen atoms in total. The van der Waals surface area contributed by atoms with Crippen LogP contribution in [0.15, 0.2) is 24.3 Å². The first kappa shape index (κ1) is 9.99. The van der Waals surface area contributed by atoms with E-state index in [4.69, 9.17) is 11.6 Å². The minimum absolute atomic E-state index is 0.165. The Labute approximate surface area is 80.7 Å². The lowest BCUT2D eigenvalue weighted by molar-refractivity contribution is -0.115. The van der Waals surface area contributed by atoms with E-state index < -0.39 is 0 Å². The summed E-state index contributed by atoms with van der Waals surface area (Å²) in [4.78, 5) is 11.0. The van der Waals surface area contributed by atoms with Gasteiger partial charge in [0, 0.05) is 18.0 Å². The van der Waals surface area contributed by atoms with Crippen molar-refractivity contribution >= 4 is 23.2 Å². The number of halogens is 2. The SMILES string of the molecule is O=C(CCCl)Nc1ccc(F)cc1. The van der Waals surface area contributed by atoms with E-state index in [2.05, 4.69) is 5.32 Å². The molecule has 0 atom stereocenters. The van der Waals surface area contributed by atoms with Gasteiger partial charge in [0.2, 0.25) is 5.91 Å². The van der Waals surface area contributed by atoms with Crippen LogP contribution in [0.3, 0.4) is 0 Å². The van der Waals surface area contributed by atoms with Crippen LogP contribution in [0.5, 0.6) is 0 Å². The van der Waals surface area contributed by atoms with Crippen LogP contribution in [0.4, 0.5) is 10.1 Å². The third-order valence-corrected chi connectivity index (χ3v) is 1.64. The number of hydrogen-bond donors (Lipinski definition) is 1. The van der Waals surface area contributed by atoms with Gasteiger partial charge < -0.3 is 5.32 Å². The van der Waals surface area contributed by atoms with Crippen molar-refractivity contribution in [3.8, 4) is 0 Å². The maximum Gasteiger partial charge on any atom is 0.225 e. The third kappa shape index (κ3) is 3.42. The molecule has 0 aliphatic rings. The molecule has 0 bridgehead atoms. The minimum atomic E-state index is -0.324. The fourth-order valence-electron chi connectivity index (χ4n) is 0.843. The summed E-state index contributed by atoms with van der Waals surface area (Å²) in [5, 5.41) is 2.58. The highest BCUT2D eigenvalue weighted by Gasteiger charge is 2.00. The Hall–Kier alpha value is -1.09. The lowest BCUT2D eigenvalue weighted by Gasteiger charge is -2.02. The van der Waals surface area contributed by atoms with E-state index >= 15 is 0 Å². The van der Waals surface area contributed by atoms with E-state index in [1.54, 1.807) is 0 Å². The standard InChI is InChI=1S/C9H9ClFNO/c10-6-5-9(13)12-8-3-1-7(11)2-4-8/h1-4H,5-6H2,(H,12,13). The molecule has 1 aromatic rings. The average Bonchev–Trinajstić information content (AvgIpc) is 2.09. The number of carbonyl (C=O) groups is 1. The monoisotopic (exact) mass is 201 g/mol. The predicted octanol–water partition coefficient (Wildman–Crippen LogP) is 2.39. The fourth-order valence-corrected chi connectivity index (χ4v) is 1.01. The van der Waals surface area contributed by atoms with Gasteiger partial charge in [-0.05, 0) is 24.3 Å². The van der Waals surface area contributed by atoms with Gasteiger partial charge in [0.15, 0.2) is 0 Å². The Morgan fingerprint density at radius 1 is 1.38 bits per heavy atom. The Bertz CT molecular complexity index is 286. The number of alkyl halides is 1. The van der Waals surface area contributed by atoms with Gasteiger partial charge in [-0.3, -0.25) is 4.79 Å². The number of amides is 1. The molecule has 0 unspecified atom stereocenters. The Morgan fingerprint density at radius 3 is 2.54 bits per heavy atom. The Balaban J connectivity index is 2.54. The largest absolute Gasteiger partial charge is 0.326 e. The summed E-state index contributed by atoms with van der Waals surface area (Å²) in [6.07, 6.45) is 0.263. The zero-order chi connectivity index (χ0) is 9.68. The number of anilines is 1. The van der Waals surface area contributed by atoms with Gasteiger partial charge in [0.05, 0.1) is 0 Å². The first-order chi connectivity index (χ1) is 6.22. The van der Waals surface area contributed by atoms with Gasteiger partial charge >= 0.3 is 0 Å². The van der Waals surface area contributed by atoms with Crippen LogP contribution in [0.25, 0.3) is 0 Å². The summed E-state index contributed by atoms with van der Waals surface area (Å²) in [6, 6.07) is 5.58. The van der Waals surface area contributed by atoms with E-state index in [0.29, 0.717) is 5.69 Å². The van der Waals surface area contributed by atoms with Crippen molar-refractivity contribution in [1.29, 1.82) is 0 Å². The molecular weight excluding hydrogens is 193 g/mol. The van der Waals surface area contributed by atoms with Crippen molar-refractivity contribution in [3.05, 3.63) is 30.1 Å². The molecule has 1 amide bonds. The molecule has 70 valence electrons. The average molecular weight is 202 g/mol. The van der Waals surface area contributed by atoms with Gasteiger partial charge in [-0.15, -0.1) is 11.6 Å². The van der Waals surface area contributed by atoms with E-state index in [9.17, 15) is 9.18 Å². The van der Waals surface area contributed by atoms with Crippen molar-refractivity contribution in [2.45, 2.75) is 6.42 Å². The van der Waals surface area contributed by atoms with Crippen molar-refractivity contribution in [3.63, 3.8) is 0 Å². The molecule has 0 aliphatic heterocycles. The second kappa shape index (κ2) is 4.82. The molecule has 0 heterocycles. The molecule has 1 N–H and O–H groups in total. The molecular formula is C9H9ClFNO. The van der Waals surface area contributed by atoms with Crippen LogP contribution >= 0.6 is 11.6 Å². The smallest absolute Gasteiger partial charge is 0.225 e. The maximum atomic E-state index is 12.4. The van der Waals surface area contributed by atoms with Crippen LogP contribution in [-0.4, -0.2) is 11.8 Å². The zero-order valence-electron chi connectivity index (χ0n) is 6.89. The van der Waals surface area contributed by atoms with E-state index in [-0.39, 0.29) is 24.0 Å². The highest BCUT2D eigenvalue weighted by atomic mass is 35.5. The van der Waals surface area contributed by atoms with E-state index in [0.717, 1.165) is 0 Å². The molecule has 1 aromatic carbocycles. The summed E-state index contributed by atoms with van der Waals surface area (Å²) >= 11 is 5.37. The van der Waals surface area contributed by atoms with Gasteiger partial charge in [-0.25, -0.2) is 4.39 Å². The summed E-state index contributed by atoms with van der Waals surface area (Å²) in [5.74, 6) is -0.204. The van der Waals surface area contributed by atoms with Crippen molar-refractivity contribution in [2.75, 3.05) is 11.2 Å². The molecule has 13 heavy (non-hydrogen) atoms. The highest BCUT2D eigenvalue weighted by molar-refractivity contribution is 6.19. The van der Waals surface area contributed by atoms with E-state index in [1.165, 1.54) is 24.3 Å². The molecule has 0 saturated heterocycles. The highest BCUT2D eigenvalue weighted by Crippen LogP contribution is 2.08. The maximum absolute atomic E-state index is 12.4. The first-order valence-corrected chi connectivity index (χ1v) is 4.37. The van der Waals surface area contributed by atoms with Crippen LogP contribution in [0.2, 0.25) is 0 Å². The van der Waals surface area contributed by atoms with Gasteiger partial charge in [0.1, 0.15) is 5.82 Å². The molecule has 0 radical (unpaired) electrons. The van der Waals surface area contributed by atoms with Crippen molar-refractivity contribution < 1.29 is 9.18 Å². The molecule has 0 saturated carbocycles. The van der Waals surface area contributed by atoms with Crippen LogP contribution in [0.1, 0.15) is 6.42 Å². The summed E-state index contributed by atoms with van der Waals surface area (Å²) < 4.78 is 12.4. The lowest BCUT2D eigenvalue weighted by Crippen LogP contribution is -2.11. The molecule has 1 rings (SSSR count). The zero-order valence-corrected chi connectivity index (χ0v) is 7.64. The Kier molecular flexibility index (Phi) is 3.71. The van der Waals surface area contributed by atoms with Gasteiger partial charge in [-0.1, -0.05) is 0 Å². The van der Waals surface area contributed by atoms with Gasteiger partial charge in [0.25, 0.3) is 0 Å². The van der Waals surface area contributed by atoms with Crippen LogP contribution in [0, 0.1) is 5.82 Å². The molecule has 0 aliphatic carbocycles. The number of nitrogens with one attached hydrogen (secondary N) is 1. The predicted molar refractivity (Wildman–Crippen MR) is 50.4 cm³/mol. The molecule has 0 spiro atoms. The third-order valence-electron chi connectivity index (χ3n) is 1.45. The summed E-state index contributed by atoms with van der Waals surface area (Å²) in [7, 11) is 0. The number of hydrogen-bond acceptors (Lipinski definition) is 1. The number of rotatable bonds is 3. The fraction of sp³-hybridized carbons (Fsp3) is 0.222. The minimum Gasteiger partial charge on any atom is -0.326 e. The summed E-state index contributed by atoms with van der Waals surface area (Å²) in [6.45, 7) is 0. The van der Waals surface area contributed by atoms with Crippen LogP contribution < -0.4 is 5.32 Å². The van der Waals surface area contributed by atoms with Crippen molar-refractivity contribution in [1.82, 2.24) is 0 Å². The summed E-state index contributed by atoms with van der Waals surface area (Å²) in [5.41, 5.74) is 0.580. The second-order valence-electron chi connectivity index (χ2n) is 2.49. The van der Waals surface area contributed by atoms with Crippen molar-refractivity contribution in [2.24, 2.45) is 0 Å². The number of benzene rings is 1. The second-order valence-corrected chi connectivity index (χ2v) is 2.87. The van der Waals surface area contributed by atoms with Gasteiger partial charge in [-0.2, -0.15) is 0 Å². The number of carbonyl (C=O) groups excluding carboxylic acids is 1. The lowest BCUT2D eigenvalue weighted by atomic mass is 10.3. The Morgan fingerprint density at radius 2 is 2.00 bits per heavy atom. The first-order valence-electron chi connectivity index (χ1n) is 3.84. The molecule has 4 heteroatoms. The molecule has 0 fully saturated rings.